The van der Waals surface area contributed by atoms with Gasteiger partial charge in [0.2, 0.25) is 0 Å². The van der Waals surface area contributed by atoms with Crippen LogP contribution in [0.5, 0.6) is 0 Å². The van der Waals surface area contributed by atoms with E-state index in [-0.39, 0.29) is 5.82 Å². The summed E-state index contributed by atoms with van der Waals surface area (Å²) in [6.45, 7) is 3.47. The van der Waals surface area contributed by atoms with Gasteiger partial charge >= 0.3 is 0 Å². The fourth-order valence-corrected chi connectivity index (χ4v) is 4.38. The van der Waals surface area contributed by atoms with E-state index >= 15 is 4.39 Å². The number of hydrogen-bond donors (Lipinski definition) is 2. The maximum absolute atomic E-state index is 15.6. The molecule has 1 aliphatic carbocycles. The summed E-state index contributed by atoms with van der Waals surface area (Å²) in [5, 5.41) is 7.50. The molecule has 8 heteroatoms. The Morgan fingerprint density at radius 2 is 1.82 bits per heavy atom. The second kappa shape index (κ2) is 8.37. The molecular weight excluding hydrogens is 417 g/mol. The predicted molar refractivity (Wildman–Crippen MR) is 127 cm³/mol. The van der Waals surface area contributed by atoms with E-state index in [1.165, 1.54) is 5.56 Å². The molecule has 7 nitrogen and oxygen atoms in total. The van der Waals surface area contributed by atoms with E-state index < -0.39 is 5.82 Å². The van der Waals surface area contributed by atoms with E-state index in [2.05, 4.69) is 25.5 Å². The molecule has 2 N–H and O–H groups in total. The lowest BCUT2D eigenvalue weighted by Crippen LogP contribution is -2.44. The number of pyridine rings is 2. The van der Waals surface area contributed by atoms with Crippen molar-refractivity contribution in [3.8, 4) is 11.4 Å². The first-order valence-electron chi connectivity index (χ1n) is 11.4. The fourth-order valence-electron chi connectivity index (χ4n) is 4.38. The predicted octanol–water partition coefficient (Wildman–Crippen LogP) is 4.26. The van der Waals surface area contributed by atoms with Crippen molar-refractivity contribution in [1.29, 1.82) is 0 Å². The van der Waals surface area contributed by atoms with E-state index in [4.69, 9.17) is 9.97 Å². The molecule has 166 valence electrons. The van der Waals surface area contributed by atoms with Gasteiger partial charge in [0.05, 0.1) is 17.3 Å². The van der Waals surface area contributed by atoms with Crippen molar-refractivity contribution >= 4 is 28.2 Å². The van der Waals surface area contributed by atoms with Crippen molar-refractivity contribution < 1.29 is 4.39 Å². The van der Waals surface area contributed by atoms with Gasteiger partial charge in [-0.2, -0.15) is 0 Å². The van der Waals surface area contributed by atoms with Crippen LogP contribution in [0.1, 0.15) is 24.3 Å². The SMILES string of the molecule is Fc1c(-c2nc(N3CCNCC3)c3c(C4CC4)cncc3n2)ccnc1Nc1ccccc1. The van der Waals surface area contributed by atoms with Crippen molar-refractivity contribution in [3.63, 3.8) is 0 Å². The van der Waals surface area contributed by atoms with Crippen LogP contribution < -0.4 is 15.5 Å². The van der Waals surface area contributed by atoms with Crippen LogP contribution in [0.15, 0.2) is 55.0 Å². The Labute approximate surface area is 191 Å². The normalized spacial score (nSPS) is 16.2. The molecule has 1 saturated heterocycles. The number of anilines is 3. The molecule has 0 amide bonds. The van der Waals surface area contributed by atoms with Crippen LogP contribution in [-0.4, -0.2) is 46.1 Å². The molecule has 0 bridgehead atoms. The molecule has 1 aliphatic heterocycles. The third-order valence-electron chi connectivity index (χ3n) is 6.22. The second-order valence-corrected chi connectivity index (χ2v) is 8.52. The van der Waals surface area contributed by atoms with E-state index in [1.54, 1.807) is 18.5 Å². The number of para-hydroxylation sites is 1. The lowest BCUT2D eigenvalue weighted by atomic mass is 10.1. The number of nitrogens with zero attached hydrogens (tertiary/aromatic N) is 5. The largest absolute Gasteiger partial charge is 0.353 e. The van der Waals surface area contributed by atoms with Crippen LogP contribution in [-0.2, 0) is 0 Å². The van der Waals surface area contributed by atoms with Crippen LogP contribution in [0.3, 0.4) is 0 Å². The van der Waals surface area contributed by atoms with Gasteiger partial charge in [0.25, 0.3) is 0 Å². The Morgan fingerprint density at radius 1 is 1.00 bits per heavy atom. The Bertz CT molecular complexity index is 1300. The highest BCUT2D eigenvalue weighted by Gasteiger charge is 2.29. The maximum Gasteiger partial charge on any atom is 0.176 e. The van der Waals surface area contributed by atoms with Gasteiger partial charge in [-0.1, -0.05) is 18.2 Å². The number of halogens is 1. The topological polar surface area (TPSA) is 78.9 Å². The van der Waals surface area contributed by atoms with Gasteiger partial charge in [0, 0.05) is 49.6 Å². The van der Waals surface area contributed by atoms with Gasteiger partial charge in [-0.05, 0) is 42.5 Å². The van der Waals surface area contributed by atoms with Gasteiger partial charge < -0.3 is 15.5 Å². The minimum Gasteiger partial charge on any atom is -0.353 e. The standard InChI is InChI=1S/C25H24FN7/c26-22-18(8-9-29-24(22)30-17-4-2-1-3-5-17)23-31-20-15-28-14-19(16-6-7-16)21(20)25(32-23)33-12-10-27-11-13-33/h1-5,8-9,14-16,27H,6-7,10-13H2,(H,29,30). The van der Waals surface area contributed by atoms with Crippen LogP contribution in [0, 0.1) is 5.82 Å². The monoisotopic (exact) mass is 441 g/mol. The average molecular weight is 442 g/mol. The van der Waals surface area contributed by atoms with Crippen LogP contribution in [0.2, 0.25) is 0 Å². The molecule has 3 aromatic heterocycles. The molecule has 1 saturated carbocycles. The third kappa shape index (κ3) is 3.87. The lowest BCUT2D eigenvalue weighted by Gasteiger charge is -2.30. The number of piperazine rings is 1. The molecule has 6 rings (SSSR count). The molecular formula is C25H24FN7. The van der Waals surface area contributed by atoms with Crippen LogP contribution >= 0.6 is 0 Å². The number of fused-ring (bicyclic) bond motifs is 1. The van der Waals surface area contributed by atoms with Gasteiger partial charge in [-0.15, -0.1) is 0 Å². The van der Waals surface area contributed by atoms with Gasteiger partial charge in [-0.3, -0.25) is 4.98 Å². The Hall–Kier alpha value is -3.65. The maximum atomic E-state index is 15.6. The molecule has 4 aromatic rings. The van der Waals surface area contributed by atoms with Crippen molar-refractivity contribution in [1.82, 2.24) is 25.3 Å². The minimum absolute atomic E-state index is 0.149. The van der Waals surface area contributed by atoms with E-state index in [1.807, 2.05) is 36.5 Å². The van der Waals surface area contributed by atoms with Gasteiger partial charge in [0.1, 0.15) is 5.82 Å². The summed E-state index contributed by atoms with van der Waals surface area (Å²) in [7, 11) is 0. The van der Waals surface area contributed by atoms with Crippen molar-refractivity contribution in [2.75, 3.05) is 36.4 Å². The van der Waals surface area contributed by atoms with Gasteiger partial charge in [0.15, 0.2) is 17.5 Å². The van der Waals surface area contributed by atoms with Crippen LogP contribution in [0.4, 0.5) is 21.7 Å². The highest BCUT2D eigenvalue weighted by atomic mass is 19.1. The molecule has 0 spiro atoms. The number of aromatic nitrogens is 4. The summed E-state index contributed by atoms with van der Waals surface area (Å²) in [6, 6.07) is 11.1. The fraction of sp³-hybridized carbons (Fsp3) is 0.280. The zero-order valence-electron chi connectivity index (χ0n) is 18.1. The molecule has 33 heavy (non-hydrogen) atoms. The average Bonchev–Trinajstić information content (AvgIpc) is 3.71. The molecule has 4 heterocycles. The van der Waals surface area contributed by atoms with Gasteiger partial charge in [-0.25, -0.2) is 19.3 Å². The molecule has 2 fully saturated rings. The first-order valence-corrected chi connectivity index (χ1v) is 11.4. The third-order valence-corrected chi connectivity index (χ3v) is 6.22. The summed E-state index contributed by atoms with van der Waals surface area (Å²) in [5.41, 5.74) is 3.04. The number of rotatable bonds is 5. The summed E-state index contributed by atoms with van der Waals surface area (Å²) in [6.07, 6.45) is 7.62. The highest BCUT2D eigenvalue weighted by molar-refractivity contribution is 5.94. The Balaban J connectivity index is 1.49. The Kier molecular flexibility index (Phi) is 5.07. The summed E-state index contributed by atoms with van der Waals surface area (Å²) in [5.74, 6) is 1.40. The number of benzene rings is 1. The second-order valence-electron chi connectivity index (χ2n) is 8.52. The number of nitrogens with one attached hydrogen (secondary N) is 2. The van der Waals surface area contributed by atoms with E-state index in [0.29, 0.717) is 17.3 Å². The quantitative estimate of drug-likeness (QED) is 0.479. The molecule has 0 unspecified atom stereocenters. The zero-order valence-corrected chi connectivity index (χ0v) is 18.1. The van der Waals surface area contributed by atoms with Crippen LogP contribution in [0.25, 0.3) is 22.3 Å². The Morgan fingerprint density at radius 3 is 2.61 bits per heavy atom. The van der Waals surface area contributed by atoms with Crippen molar-refractivity contribution in [3.05, 3.63) is 66.4 Å². The lowest BCUT2D eigenvalue weighted by molar-refractivity contribution is 0.586. The van der Waals surface area contributed by atoms with E-state index in [9.17, 15) is 0 Å². The smallest absolute Gasteiger partial charge is 0.176 e. The molecule has 1 aromatic carbocycles. The molecule has 0 radical (unpaired) electrons. The zero-order chi connectivity index (χ0) is 22.2. The minimum atomic E-state index is -0.474. The molecule has 2 aliphatic rings. The first-order chi connectivity index (χ1) is 16.3. The number of hydrogen-bond acceptors (Lipinski definition) is 7. The van der Waals surface area contributed by atoms with Crippen molar-refractivity contribution in [2.45, 2.75) is 18.8 Å². The highest BCUT2D eigenvalue weighted by Crippen LogP contribution is 2.45. The summed E-state index contributed by atoms with van der Waals surface area (Å²) < 4.78 is 15.6. The summed E-state index contributed by atoms with van der Waals surface area (Å²) >= 11 is 0. The van der Waals surface area contributed by atoms with Crippen molar-refractivity contribution in [2.24, 2.45) is 0 Å². The molecule has 0 atom stereocenters. The van der Waals surface area contributed by atoms with E-state index in [0.717, 1.165) is 61.4 Å². The first kappa shape index (κ1) is 20.0. The summed E-state index contributed by atoms with van der Waals surface area (Å²) in [4.78, 5) is 20.6.